The third-order valence-electron chi connectivity index (χ3n) is 5.00. The molecule has 3 heterocycles. The van der Waals surface area contributed by atoms with E-state index in [-0.39, 0.29) is 17.9 Å². The van der Waals surface area contributed by atoms with Crippen molar-refractivity contribution in [3.63, 3.8) is 0 Å². The molecule has 2 amide bonds. The first-order valence-corrected chi connectivity index (χ1v) is 10.3. The Bertz CT molecular complexity index is 1020. The molecule has 0 aliphatic carbocycles. The predicted molar refractivity (Wildman–Crippen MR) is 111 cm³/mol. The summed E-state index contributed by atoms with van der Waals surface area (Å²) < 4.78 is 8.04. The molecule has 7 nitrogen and oxygen atoms in total. The maximum atomic E-state index is 12.8. The molecule has 4 rings (SSSR count). The van der Waals surface area contributed by atoms with Gasteiger partial charge in [-0.2, -0.15) is 5.10 Å². The second kappa shape index (κ2) is 8.24. The van der Waals surface area contributed by atoms with E-state index in [4.69, 9.17) is 4.42 Å². The summed E-state index contributed by atoms with van der Waals surface area (Å²) in [7, 11) is 0. The van der Waals surface area contributed by atoms with Crippen molar-refractivity contribution in [3.8, 4) is 5.69 Å². The zero-order valence-corrected chi connectivity index (χ0v) is 17.6. The van der Waals surface area contributed by atoms with Gasteiger partial charge in [0, 0.05) is 29.8 Å². The van der Waals surface area contributed by atoms with Gasteiger partial charge in [-0.05, 0) is 56.2 Å². The monoisotopic (exact) mass is 456 g/mol. The molecule has 3 aromatic rings. The smallest absolute Gasteiger partial charge is 0.287 e. The van der Waals surface area contributed by atoms with Crippen LogP contribution in [0, 0.1) is 6.92 Å². The van der Waals surface area contributed by atoms with Gasteiger partial charge in [0.15, 0.2) is 5.76 Å². The van der Waals surface area contributed by atoms with Gasteiger partial charge < -0.3 is 14.6 Å². The molecule has 0 spiro atoms. The van der Waals surface area contributed by atoms with Gasteiger partial charge in [0.25, 0.3) is 11.8 Å². The quantitative estimate of drug-likeness (QED) is 0.650. The van der Waals surface area contributed by atoms with Crippen LogP contribution in [0.1, 0.15) is 39.5 Å². The third kappa shape index (κ3) is 4.42. The number of likely N-dealkylation sites (tertiary alicyclic amines) is 1. The lowest BCUT2D eigenvalue weighted by molar-refractivity contribution is 0.0695. The number of furan rings is 1. The summed E-state index contributed by atoms with van der Waals surface area (Å²) >= 11 is 3.41. The van der Waals surface area contributed by atoms with Crippen molar-refractivity contribution < 1.29 is 14.0 Å². The number of hydrogen-bond acceptors (Lipinski definition) is 4. The Morgan fingerprint density at radius 1 is 1.14 bits per heavy atom. The molecule has 8 heteroatoms. The summed E-state index contributed by atoms with van der Waals surface area (Å²) in [6, 6.07) is 11.2. The van der Waals surface area contributed by atoms with E-state index in [0.29, 0.717) is 43.0 Å². The van der Waals surface area contributed by atoms with Crippen molar-refractivity contribution in [2.45, 2.75) is 25.8 Å². The van der Waals surface area contributed by atoms with Crippen LogP contribution in [0.4, 0.5) is 0 Å². The van der Waals surface area contributed by atoms with E-state index in [1.54, 1.807) is 36.1 Å². The van der Waals surface area contributed by atoms with Crippen LogP contribution in [-0.4, -0.2) is 45.6 Å². The fraction of sp³-hybridized carbons (Fsp3) is 0.286. The molecule has 0 unspecified atom stereocenters. The Morgan fingerprint density at radius 3 is 2.52 bits per heavy atom. The molecule has 29 heavy (non-hydrogen) atoms. The van der Waals surface area contributed by atoms with Gasteiger partial charge in [-0.15, -0.1) is 0 Å². The van der Waals surface area contributed by atoms with Crippen molar-refractivity contribution in [1.29, 1.82) is 0 Å². The highest BCUT2D eigenvalue weighted by molar-refractivity contribution is 9.10. The van der Waals surface area contributed by atoms with Crippen LogP contribution < -0.4 is 5.32 Å². The average Bonchev–Trinajstić information content (AvgIpc) is 3.38. The van der Waals surface area contributed by atoms with E-state index in [9.17, 15) is 9.59 Å². The molecular formula is C21H21BrN4O3. The normalized spacial score (nSPS) is 14.8. The van der Waals surface area contributed by atoms with E-state index in [1.807, 2.05) is 29.2 Å². The molecule has 0 bridgehead atoms. The second-order valence-electron chi connectivity index (χ2n) is 7.10. The fourth-order valence-corrected chi connectivity index (χ4v) is 3.66. The third-order valence-corrected chi connectivity index (χ3v) is 5.53. The molecule has 1 fully saturated rings. The molecule has 0 atom stereocenters. The number of aryl methyl sites for hydroxylation is 1. The standard InChI is InChI=1S/C21H21BrN4O3/c1-14-2-7-19(29-14)20(27)24-17-8-10-25(11-9-17)21(28)15-12-23-26(13-15)18-5-3-16(22)4-6-18/h2-7,12-13,17H,8-11H2,1H3,(H,24,27). The number of benzene rings is 1. The van der Waals surface area contributed by atoms with Gasteiger partial charge in [-0.3, -0.25) is 9.59 Å². The first kappa shape index (κ1) is 19.4. The average molecular weight is 457 g/mol. The van der Waals surface area contributed by atoms with Crippen molar-refractivity contribution in [1.82, 2.24) is 20.0 Å². The Hall–Kier alpha value is -2.87. The SMILES string of the molecule is Cc1ccc(C(=O)NC2CCN(C(=O)c3cnn(-c4ccc(Br)cc4)c3)CC2)o1. The molecule has 150 valence electrons. The lowest BCUT2D eigenvalue weighted by Gasteiger charge is -2.32. The molecule has 1 aliphatic heterocycles. The minimum atomic E-state index is -0.210. The van der Waals surface area contributed by atoms with Gasteiger partial charge in [-0.25, -0.2) is 4.68 Å². The lowest BCUT2D eigenvalue weighted by atomic mass is 10.0. The topological polar surface area (TPSA) is 80.4 Å². The van der Waals surface area contributed by atoms with E-state index >= 15 is 0 Å². The van der Waals surface area contributed by atoms with E-state index < -0.39 is 0 Å². The highest BCUT2D eigenvalue weighted by atomic mass is 79.9. The Labute approximate surface area is 176 Å². The summed E-state index contributed by atoms with van der Waals surface area (Å²) in [5, 5.41) is 7.30. The first-order valence-electron chi connectivity index (χ1n) is 9.47. The van der Waals surface area contributed by atoms with Gasteiger partial charge in [0.2, 0.25) is 0 Å². The maximum absolute atomic E-state index is 12.8. The Balaban J connectivity index is 1.33. The van der Waals surface area contributed by atoms with Gasteiger partial charge in [0.05, 0.1) is 17.4 Å². The van der Waals surface area contributed by atoms with Crippen LogP contribution in [-0.2, 0) is 0 Å². The fourth-order valence-electron chi connectivity index (χ4n) is 3.39. The van der Waals surface area contributed by atoms with E-state index in [0.717, 1.165) is 10.2 Å². The van der Waals surface area contributed by atoms with Crippen LogP contribution in [0.3, 0.4) is 0 Å². The van der Waals surface area contributed by atoms with Crippen molar-refractivity contribution in [3.05, 3.63) is 70.3 Å². The van der Waals surface area contributed by atoms with Crippen LogP contribution in [0.15, 0.2) is 57.7 Å². The number of nitrogens with one attached hydrogen (secondary N) is 1. The molecule has 1 aromatic carbocycles. The number of carbonyl (C=O) groups excluding carboxylic acids is 2. The number of nitrogens with zero attached hydrogens (tertiary/aromatic N) is 3. The number of rotatable bonds is 4. The van der Waals surface area contributed by atoms with Crippen LogP contribution in [0.2, 0.25) is 0 Å². The number of halogens is 1. The predicted octanol–water partition coefficient (Wildman–Crippen LogP) is 3.57. The number of hydrogen-bond donors (Lipinski definition) is 1. The second-order valence-corrected chi connectivity index (χ2v) is 8.02. The highest BCUT2D eigenvalue weighted by Gasteiger charge is 2.26. The maximum Gasteiger partial charge on any atom is 0.287 e. The van der Waals surface area contributed by atoms with Crippen molar-refractivity contribution in [2.24, 2.45) is 0 Å². The van der Waals surface area contributed by atoms with Gasteiger partial charge >= 0.3 is 0 Å². The molecule has 2 aromatic heterocycles. The highest BCUT2D eigenvalue weighted by Crippen LogP contribution is 2.17. The minimum Gasteiger partial charge on any atom is -0.456 e. The minimum absolute atomic E-state index is 0.0300. The van der Waals surface area contributed by atoms with E-state index in [1.165, 1.54) is 0 Å². The lowest BCUT2D eigenvalue weighted by Crippen LogP contribution is -2.46. The summed E-state index contributed by atoms with van der Waals surface area (Å²) in [6.45, 7) is 2.98. The number of carbonyl (C=O) groups is 2. The van der Waals surface area contributed by atoms with Crippen molar-refractivity contribution >= 4 is 27.7 Å². The molecule has 1 saturated heterocycles. The van der Waals surface area contributed by atoms with E-state index in [2.05, 4.69) is 26.3 Å². The number of amides is 2. The van der Waals surface area contributed by atoms with Gasteiger partial charge in [0.1, 0.15) is 5.76 Å². The molecule has 0 saturated carbocycles. The van der Waals surface area contributed by atoms with Crippen LogP contribution >= 0.6 is 15.9 Å². The zero-order chi connectivity index (χ0) is 20.4. The van der Waals surface area contributed by atoms with Crippen molar-refractivity contribution in [2.75, 3.05) is 13.1 Å². The Kier molecular flexibility index (Phi) is 5.53. The van der Waals surface area contributed by atoms with Crippen LogP contribution in [0.25, 0.3) is 5.69 Å². The molecular weight excluding hydrogens is 436 g/mol. The first-order chi connectivity index (χ1) is 14.0. The zero-order valence-electron chi connectivity index (χ0n) is 16.0. The number of piperidine rings is 1. The summed E-state index contributed by atoms with van der Waals surface area (Å²) in [5.74, 6) is 0.777. The summed E-state index contributed by atoms with van der Waals surface area (Å²) in [5.41, 5.74) is 1.45. The summed E-state index contributed by atoms with van der Waals surface area (Å²) in [4.78, 5) is 26.8. The Morgan fingerprint density at radius 2 is 1.86 bits per heavy atom. The molecule has 1 aliphatic rings. The van der Waals surface area contributed by atoms with Crippen LogP contribution in [0.5, 0.6) is 0 Å². The van der Waals surface area contributed by atoms with Gasteiger partial charge in [-0.1, -0.05) is 15.9 Å². The molecule has 0 radical (unpaired) electrons. The number of aromatic nitrogens is 2. The summed E-state index contributed by atoms with van der Waals surface area (Å²) in [6.07, 6.45) is 4.76. The largest absolute Gasteiger partial charge is 0.456 e. The molecule has 1 N–H and O–H groups in total.